The van der Waals surface area contributed by atoms with Crippen LogP contribution in [0.15, 0.2) is 0 Å². The summed E-state index contributed by atoms with van der Waals surface area (Å²) in [6.45, 7) is 2.28. The average Bonchev–Trinajstić information content (AvgIpc) is 2.54. The number of hydrogen-bond acceptors (Lipinski definition) is 0. The van der Waals surface area contributed by atoms with Gasteiger partial charge in [0.15, 0.2) is 0 Å². The Morgan fingerprint density at radius 1 is 0.545 bits per heavy atom. The van der Waals surface area contributed by atoms with Gasteiger partial charge in [-0.05, 0) is 30.1 Å². The molecule has 0 aromatic heterocycles. The quantitative estimate of drug-likeness (QED) is 0.254. The first-order valence-electron chi connectivity index (χ1n) is 9.35. The Morgan fingerprint density at radius 2 is 1.00 bits per heavy atom. The molecular formula is C22H34. The Balaban J connectivity index is 3.08. The topological polar surface area (TPSA) is 0 Å². The fraction of sp³-hybridized carbons (Fsp3) is 0.727. The van der Waals surface area contributed by atoms with Gasteiger partial charge in [0, 0.05) is 6.42 Å². The molecule has 0 amide bonds. The highest BCUT2D eigenvalue weighted by Crippen LogP contribution is 2.13. The van der Waals surface area contributed by atoms with Crippen molar-refractivity contribution in [3.05, 3.63) is 0 Å². The lowest BCUT2D eigenvalue weighted by atomic mass is 10.0. The molecule has 0 rings (SSSR count). The minimum absolute atomic E-state index is 0.956. The average molecular weight is 299 g/mol. The first-order valence-corrected chi connectivity index (χ1v) is 9.35. The molecule has 0 saturated heterocycles. The monoisotopic (exact) mass is 298 g/mol. The summed E-state index contributed by atoms with van der Waals surface area (Å²) >= 11 is 0. The lowest BCUT2D eigenvalue weighted by Crippen LogP contribution is -1.83. The lowest BCUT2D eigenvalue weighted by Gasteiger charge is -2.02. The highest BCUT2D eigenvalue weighted by molar-refractivity contribution is 5.33. The van der Waals surface area contributed by atoms with Crippen molar-refractivity contribution in [2.75, 3.05) is 0 Å². The van der Waals surface area contributed by atoms with Crippen LogP contribution in [0.1, 0.15) is 103 Å². The summed E-state index contributed by atoms with van der Waals surface area (Å²) in [6, 6.07) is 0. The van der Waals surface area contributed by atoms with E-state index in [1.54, 1.807) is 0 Å². The van der Waals surface area contributed by atoms with Crippen LogP contribution in [0.2, 0.25) is 0 Å². The Kier molecular flexibility index (Phi) is 18.5. The van der Waals surface area contributed by atoms with Gasteiger partial charge in [0.05, 0.1) is 0 Å². The third-order valence-corrected chi connectivity index (χ3v) is 3.94. The zero-order valence-corrected chi connectivity index (χ0v) is 14.7. The molecular weight excluding hydrogens is 264 g/mol. The zero-order chi connectivity index (χ0) is 16.1. The number of terminal acetylenes is 1. The van der Waals surface area contributed by atoms with Crippen molar-refractivity contribution >= 4 is 0 Å². The van der Waals surface area contributed by atoms with E-state index >= 15 is 0 Å². The van der Waals surface area contributed by atoms with Crippen LogP contribution in [0.5, 0.6) is 0 Å². The van der Waals surface area contributed by atoms with Crippen molar-refractivity contribution in [1.29, 1.82) is 0 Å². The van der Waals surface area contributed by atoms with Gasteiger partial charge in [-0.1, -0.05) is 96.3 Å². The minimum atomic E-state index is 0.956. The number of hydrogen-bond donors (Lipinski definition) is 0. The van der Waals surface area contributed by atoms with Crippen molar-refractivity contribution in [2.45, 2.75) is 103 Å². The van der Waals surface area contributed by atoms with E-state index in [2.05, 4.69) is 36.5 Å². The molecule has 0 aliphatic heterocycles. The van der Waals surface area contributed by atoms with Crippen LogP contribution in [0.3, 0.4) is 0 Å². The molecule has 0 heteroatoms. The van der Waals surface area contributed by atoms with Gasteiger partial charge in [-0.25, -0.2) is 0 Å². The summed E-state index contributed by atoms with van der Waals surface area (Å²) in [5, 5.41) is 0. The van der Waals surface area contributed by atoms with E-state index in [9.17, 15) is 0 Å². The first kappa shape index (κ1) is 20.7. The second-order valence-electron chi connectivity index (χ2n) is 6.04. The van der Waals surface area contributed by atoms with E-state index in [1.807, 2.05) is 0 Å². The highest BCUT2D eigenvalue weighted by Gasteiger charge is 1.93. The summed E-state index contributed by atoms with van der Waals surface area (Å²) in [6.07, 6.45) is 25.5. The SMILES string of the molecule is C#CC#CC#CCCCCCCCCCCCCCCCC. The number of unbranched alkanes of at least 4 members (excludes halogenated alkanes) is 14. The van der Waals surface area contributed by atoms with Crippen molar-refractivity contribution in [2.24, 2.45) is 0 Å². The fourth-order valence-electron chi connectivity index (χ4n) is 2.58. The van der Waals surface area contributed by atoms with Crippen LogP contribution in [-0.4, -0.2) is 0 Å². The molecule has 0 radical (unpaired) electrons. The standard InChI is InChI=1S/C22H34/c1-3-5-7-9-11-13-15-17-19-21-22-20-18-16-14-12-10-8-6-4-2/h1H,4,6,8,10,12-22H2,2H3. The van der Waals surface area contributed by atoms with Gasteiger partial charge in [-0.15, -0.1) is 6.42 Å². The molecule has 0 nitrogen and oxygen atoms in total. The minimum Gasteiger partial charge on any atom is -0.106 e. The largest absolute Gasteiger partial charge is 0.106 e. The molecule has 0 heterocycles. The van der Waals surface area contributed by atoms with Crippen LogP contribution < -0.4 is 0 Å². The Bertz CT molecular complexity index is 374. The first-order chi connectivity index (χ1) is 10.9. The molecule has 0 aliphatic rings. The molecule has 0 atom stereocenters. The van der Waals surface area contributed by atoms with Crippen LogP contribution in [-0.2, 0) is 0 Å². The zero-order valence-electron chi connectivity index (χ0n) is 14.7. The van der Waals surface area contributed by atoms with Gasteiger partial charge in [-0.3, -0.25) is 0 Å². The van der Waals surface area contributed by atoms with E-state index in [0.717, 1.165) is 6.42 Å². The normalized spacial score (nSPS) is 9.27. The number of rotatable bonds is 14. The van der Waals surface area contributed by atoms with Gasteiger partial charge in [0.1, 0.15) is 0 Å². The summed E-state index contributed by atoms with van der Waals surface area (Å²) < 4.78 is 0. The lowest BCUT2D eigenvalue weighted by molar-refractivity contribution is 0.536. The van der Waals surface area contributed by atoms with Crippen molar-refractivity contribution in [3.8, 4) is 36.0 Å². The maximum Gasteiger partial charge on any atom is 0.00989 e. The van der Waals surface area contributed by atoms with Crippen LogP contribution in [0, 0.1) is 36.0 Å². The fourth-order valence-corrected chi connectivity index (χ4v) is 2.58. The second-order valence-corrected chi connectivity index (χ2v) is 6.04. The van der Waals surface area contributed by atoms with Gasteiger partial charge >= 0.3 is 0 Å². The molecule has 0 aliphatic carbocycles. The highest BCUT2D eigenvalue weighted by atomic mass is 14.0. The summed E-state index contributed by atoms with van der Waals surface area (Å²) in [4.78, 5) is 0. The van der Waals surface area contributed by atoms with E-state index < -0.39 is 0 Å². The van der Waals surface area contributed by atoms with Gasteiger partial charge in [0.2, 0.25) is 0 Å². The second kappa shape index (κ2) is 19.7. The molecule has 22 heavy (non-hydrogen) atoms. The van der Waals surface area contributed by atoms with Crippen LogP contribution >= 0.6 is 0 Å². The Hall–Kier alpha value is -1.32. The van der Waals surface area contributed by atoms with Crippen molar-refractivity contribution < 1.29 is 0 Å². The van der Waals surface area contributed by atoms with E-state index in [0.29, 0.717) is 0 Å². The molecule has 0 aromatic carbocycles. The Morgan fingerprint density at radius 3 is 1.45 bits per heavy atom. The predicted molar refractivity (Wildman–Crippen MR) is 99.3 cm³/mol. The Labute approximate surface area is 139 Å². The summed E-state index contributed by atoms with van der Waals surface area (Å²) in [7, 11) is 0. The predicted octanol–water partition coefficient (Wildman–Crippen LogP) is 6.50. The summed E-state index contributed by atoms with van der Waals surface area (Å²) in [5.74, 6) is 13.2. The molecule has 0 bridgehead atoms. The smallest absolute Gasteiger partial charge is 0.00989 e. The maximum atomic E-state index is 5.01. The maximum absolute atomic E-state index is 5.01. The molecule has 0 unspecified atom stereocenters. The summed E-state index contributed by atoms with van der Waals surface area (Å²) in [5.41, 5.74) is 0. The van der Waals surface area contributed by atoms with E-state index in [-0.39, 0.29) is 0 Å². The van der Waals surface area contributed by atoms with Crippen LogP contribution in [0.25, 0.3) is 0 Å². The van der Waals surface area contributed by atoms with Crippen molar-refractivity contribution in [1.82, 2.24) is 0 Å². The molecule has 0 N–H and O–H groups in total. The third kappa shape index (κ3) is 18.7. The molecule has 0 aromatic rings. The molecule has 122 valence electrons. The molecule has 0 saturated carbocycles. The van der Waals surface area contributed by atoms with Gasteiger partial charge in [-0.2, -0.15) is 0 Å². The van der Waals surface area contributed by atoms with Crippen molar-refractivity contribution in [3.63, 3.8) is 0 Å². The van der Waals surface area contributed by atoms with E-state index in [1.165, 1.54) is 89.9 Å². The van der Waals surface area contributed by atoms with Crippen LogP contribution in [0.4, 0.5) is 0 Å². The molecule has 0 spiro atoms. The van der Waals surface area contributed by atoms with Gasteiger partial charge < -0.3 is 0 Å². The van der Waals surface area contributed by atoms with E-state index in [4.69, 9.17) is 6.42 Å². The molecule has 0 fully saturated rings. The van der Waals surface area contributed by atoms with Gasteiger partial charge in [0.25, 0.3) is 0 Å². The third-order valence-electron chi connectivity index (χ3n) is 3.94.